The van der Waals surface area contributed by atoms with Crippen LogP contribution in [0.2, 0.25) is 5.02 Å². The summed E-state index contributed by atoms with van der Waals surface area (Å²) in [6.07, 6.45) is 5.41. The second-order valence-corrected chi connectivity index (χ2v) is 9.97. The molecule has 2 aromatic carbocycles. The molecule has 1 amide bonds. The molecule has 0 saturated carbocycles. The summed E-state index contributed by atoms with van der Waals surface area (Å²) in [4.78, 5) is 17.2. The lowest BCUT2D eigenvalue weighted by Crippen LogP contribution is -2.37. The third-order valence-electron chi connectivity index (χ3n) is 6.93. The molecule has 2 aromatic rings. The van der Waals surface area contributed by atoms with Gasteiger partial charge >= 0.3 is 0 Å². The van der Waals surface area contributed by atoms with Crippen molar-refractivity contribution in [2.24, 2.45) is 0 Å². The quantitative estimate of drug-likeness (QED) is 0.482. The topological polar surface area (TPSA) is 54.0 Å². The van der Waals surface area contributed by atoms with Gasteiger partial charge in [0, 0.05) is 45.5 Å². The summed E-state index contributed by atoms with van der Waals surface area (Å²) in [7, 11) is 2.10. The molecule has 7 heteroatoms. The van der Waals surface area contributed by atoms with Gasteiger partial charge in [-0.15, -0.1) is 0 Å². The van der Waals surface area contributed by atoms with Crippen molar-refractivity contribution in [3.05, 3.63) is 64.7 Å². The Labute approximate surface area is 214 Å². The molecule has 1 N–H and O–H groups in total. The molecule has 3 atom stereocenters. The molecule has 4 rings (SSSR count). The molecule has 0 radical (unpaired) electrons. The van der Waals surface area contributed by atoms with Gasteiger partial charge < -0.3 is 19.7 Å². The normalized spacial score (nSPS) is 21.6. The van der Waals surface area contributed by atoms with E-state index in [1.54, 1.807) is 0 Å². The van der Waals surface area contributed by atoms with Crippen LogP contribution in [0.3, 0.4) is 0 Å². The zero-order valence-corrected chi connectivity index (χ0v) is 21.7. The van der Waals surface area contributed by atoms with Crippen molar-refractivity contribution in [2.75, 3.05) is 44.7 Å². The minimum absolute atomic E-state index is 0.0449. The van der Waals surface area contributed by atoms with Crippen LogP contribution in [-0.4, -0.2) is 63.0 Å². The first-order valence-corrected chi connectivity index (χ1v) is 13.3. The number of hydrogen-bond donors (Lipinski definition) is 1. The van der Waals surface area contributed by atoms with E-state index in [1.807, 2.05) is 31.2 Å². The fourth-order valence-electron chi connectivity index (χ4n) is 4.90. The van der Waals surface area contributed by atoms with Gasteiger partial charge in [-0.1, -0.05) is 48.9 Å². The molecule has 2 unspecified atom stereocenters. The van der Waals surface area contributed by atoms with Crippen molar-refractivity contribution in [2.45, 2.75) is 57.5 Å². The molecule has 0 aromatic heterocycles. The number of amides is 1. The Balaban J connectivity index is 1.45. The fraction of sp³-hybridized carbons (Fsp3) is 0.536. The van der Waals surface area contributed by atoms with Crippen LogP contribution in [0.4, 0.5) is 5.69 Å². The van der Waals surface area contributed by atoms with Crippen LogP contribution in [-0.2, 0) is 9.47 Å². The number of nitrogens with zero attached hydrogens (tertiary/aromatic N) is 2. The molecule has 0 spiro atoms. The Morgan fingerprint density at radius 1 is 1.23 bits per heavy atom. The minimum Gasteiger partial charge on any atom is -0.366 e. The van der Waals surface area contributed by atoms with Crippen molar-refractivity contribution in [3.8, 4) is 0 Å². The molecular weight excluding hydrogens is 462 g/mol. The summed E-state index contributed by atoms with van der Waals surface area (Å²) in [6.45, 7) is 6.27. The van der Waals surface area contributed by atoms with Gasteiger partial charge in [-0.2, -0.15) is 0 Å². The van der Waals surface area contributed by atoms with E-state index in [9.17, 15) is 4.79 Å². The maximum Gasteiger partial charge on any atom is 0.252 e. The maximum absolute atomic E-state index is 12.4. The lowest BCUT2D eigenvalue weighted by molar-refractivity contribution is -0.185. The highest BCUT2D eigenvalue weighted by Crippen LogP contribution is 2.31. The number of nitrogens with one attached hydrogen (secondary N) is 1. The van der Waals surface area contributed by atoms with Crippen LogP contribution in [0.25, 0.3) is 0 Å². The maximum atomic E-state index is 12.4. The summed E-state index contributed by atoms with van der Waals surface area (Å²) in [5, 5.41) is 3.37. The van der Waals surface area contributed by atoms with Gasteiger partial charge in [0.05, 0.1) is 22.7 Å². The molecular formula is C28H38ClN3O3. The first-order chi connectivity index (χ1) is 17.0. The van der Waals surface area contributed by atoms with Crippen molar-refractivity contribution in [1.82, 2.24) is 10.2 Å². The predicted molar refractivity (Wildman–Crippen MR) is 141 cm³/mol. The zero-order chi connectivity index (χ0) is 24.6. The second-order valence-electron chi connectivity index (χ2n) is 9.56. The standard InChI is InChI=1S/C28H38ClN3O3/c1-3-15-30-28(33)24-13-12-22(18-25(24)29)31(2)26(21-9-5-4-6-10-21)20-32-16-14-23(19-32)35-27-11-7-8-17-34-27/h4-6,9-10,12-13,18,23,26-27H,3,7-8,11,14-17,19-20H2,1-2H3,(H,30,33)/t23-,26?,27?/m0/s1. The number of hydrogen-bond acceptors (Lipinski definition) is 5. The lowest BCUT2D eigenvalue weighted by atomic mass is 10.0. The Hall–Kier alpha value is -2.12. The lowest BCUT2D eigenvalue weighted by Gasteiger charge is -2.34. The van der Waals surface area contributed by atoms with Gasteiger partial charge in [0.15, 0.2) is 6.29 Å². The minimum atomic E-state index is -0.129. The number of carbonyl (C=O) groups excluding carboxylic acids is 1. The SMILES string of the molecule is CCCNC(=O)c1ccc(N(C)C(CN2CC[C@H](OC3CCCCO3)C2)c2ccccc2)cc1Cl. The fourth-order valence-corrected chi connectivity index (χ4v) is 5.16. The largest absolute Gasteiger partial charge is 0.366 e. The molecule has 2 heterocycles. The number of halogens is 1. The van der Waals surface area contributed by atoms with E-state index in [1.165, 1.54) is 12.0 Å². The number of carbonyl (C=O) groups is 1. The van der Waals surface area contributed by atoms with E-state index in [-0.39, 0.29) is 24.3 Å². The van der Waals surface area contributed by atoms with Gasteiger partial charge in [0.1, 0.15) is 0 Å². The van der Waals surface area contributed by atoms with Gasteiger partial charge in [0.25, 0.3) is 5.91 Å². The first kappa shape index (κ1) is 26.0. The number of rotatable bonds is 10. The molecule has 0 aliphatic carbocycles. The van der Waals surface area contributed by atoms with E-state index in [0.29, 0.717) is 17.1 Å². The summed E-state index contributed by atoms with van der Waals surface area (Å²) in [6, 6.07) is 16.4. The monoisotopic (exact) mass is 499 g/mol. The highest BCUT2D eigenvalue weighted by atomic mass is 35.5. The number of benzene rings is 2. The van der Waals surface area contributed by atoms with Crippen molar-refractivity contribution < 1.29 is 14.3 Å². The average Bonchev–Trinajstić information content (AvgIpc) is 3.33. The van der Waals surface area contributed by atoms with E-state index in [4.69, 9.17) is 21.1 Å². The number of likely N-dealkylation sites (tertiary alicyclic amines) is 1. The van der Waals surface area contributed by atoms with Crippen molar-refractivity contribution in [1.29, 1.82) is 0 Å². The summed E-state index contributed by atoms with van der Waals surface area (Å²) in [5.74, 6) is -0.129. The van der Waals surface area contributed by atoms with E-state index >= 15 is 0 Å². The smallest absolute Gasteiger partial charge is 0.252 e. The molecule has 6 nitrogen and oxygen atoms in total. The van der Waals surface area contributed by atoms with Gasteiger partial charge in [-0.05, 0) is 55.9 Å². The third-order valence-corrected chi connectivity index (χ3v) is 7.25. The number of anilines is 1. The summed E-state index contributed by atoms with van der Waals surface area (Å²) < 4.78 is 12.1. The van der Waals surface area contributed by atoms with Crippen LogP contribution in [0.1, 0.15) is 61.0 Å². The van der Waals surface area contributed by atoms with Gasteiger partial charge in [-0.3, -0.25) is 9.69 Å². The van der Waals surface area contributed by atoms with E-state index < -0.39 is 0 Å². The Bertz CT molecular complexity index is 952. The van der Waals surface area contributed by atoms with Gasteiger partial charge in [-0.25, -0.2) is 0 Å². The predicted octanol–water partition coefficient (Wildman–Crippen LogP) is 5.27. The molecule has 2 saturated heterocycles. The van der Waals surface area contributed by atoms with Crippen molar-refractivity contribution >= 4 is 23.2 Å². The highest BCUT2D eigenvalue weighted by molar-refractivity contribution is 6.34. The molecule has 2 aliphatic heterocycles. The zero-order valence-electron chi connectivity index (χ0n) is 20.9. The molecule has 190 valence electrons. The van der Waals surface area contributed by atoms with E-state index in [0.717, 1.165) is 57.6 Å². The summed E-state index contributed by atoms with van der Waals surface area (Å²) in [5.41, 5.74) is 2.74. The number of ether oxygens (including phenoxy) is 2. The Kier molecular flexibility index (Phi) is 9.44. The van der Waals surface area contributed by atoms with E-state index in [2.05, 4.69) is 46.4 Å². The number of likely N-dealkylation sites (N-methyl/N-ethyl adjacent to an activating group) is 1. The molecule has 0 bridgehead atoms. The third kappa shape index (κ3) is 6.98. The molecule has 2 aliphatic rings. The van der Waals surface area contributed by atoms with Crippen LogP contribution in [0, 0.1) is 0 Å². The highest BCUT2D eigenvalue weighted by Gasteiger charge is 2.30. The molecule has 35 heavy (non-hydrogen) atoms. The molecule has 2 fully saturated rings. The van der Waals surface area contributed by atoms with Crippen molar-refractivity contribution in [3.63, 3.8) is 0 Å². The second kappa shape index (κ2) is 12.7. The van der Waals surface area contributed by atoms with Crippen LogP contribution in [0.5, 0.6) is 0 Å². The van der Waals surface area contributed by atoms with Gasteiger partial charge in [0.2, 0.25) is 0 Å². The Morgan fingerprint density at radius 3 is 2.77 bits per heavy atom. The summed E-state index contributed by atoms with van der Waals surface area (Å²) >= 11 is 6.55. The van der Waals surface area contributed by atoms with Crippen LogP contribution >= 0.6 is 11.6 Å². The van der Waals surface area contributed by atoms with Crippen LogP contribution in [0.15, 0.2) is 48.5 Å². The average molecular weight is 500 g/mol. The first-order valence-electron chi connectivity index (χ1n) is 12.9. The Morgan fingerprint density at radius 2 is 2.06 bits per heavy atom. The van der Waals surface area contributed by atoms with Crippen LogP contribution < -0.4 is 10.2 Å².